The van der Waals surface area contributed by atoms with Crippen LogP contribution in [0.4, 0.5) is 4.39 Å². The summed E-state index contributed by atoms with van der Waals surface area (Å²) >= 11 is 0. The Hall–Kier alpha value is -7.59. The molecule has 0 spiro atoms. The predicted molar refractivity (Wildman–Crippen MR) is 256 cm³/mol. The van der Waals surface area contributed by atoms with Gasteiger partial charge in [-0.05, 0) is 81.7 Å². The smallest absolute Gasteiger partial charge is 0.343 e. The third-order valence-electron chi connectivity index (χ3n) is 12.8. The van der Waals surface area contributed by atoms with Gasteiger partial charge in [0.1, 0.15) is 30.1 Å². The van der Waals surface area contributed by atoms with Crippen LogP contribution in [0.25, 0.3) is 22.3 Å². The average molecular weight is 996 g/mol. The molecular weight excluding hydrogens is 938 g/mol. The van der Waals surface area contributed by atoms with Crippen molar-refractivity contribution in [2.24, 2.45) is 5.73 Å². The van der Waals surface area contributed by atoms with Gasteiger partial charge in [0.25, 0.3) is 5.56 Å². The second-order valence-electron chi connectivity index (χ2n) is 18.9. The highest BCUT2D eigenvalue weighted by atomic mass is 19.1. The Kier molecular flexibility index (Phi) is 15.5. The molecule has 2 aromatic carbocycles. The molecule has 4 aromatic rings. The number of carbonyl (C=O) groups is 8. The van der Waals surface area contributed by atoms with Gasteiger partial charge < -0.3 is 56.8 Å². The number of nitrogens with two attached hydrogens (primary N) is 1. The summed E-state index contributed by atoms with van der Waals surface area (Å²) in [7, 11) is 0. The molecule has 0 saturated heterocycles. The third-order valence-corrected chi connectivity index (χ3v) is 12.8. The Morgan fingerprint density at radius 2 is 1.58 bits per heavy atom. The zero-order valence-electron chi connectivity index (χ0n) is 40.5. The largest absolute Gasteiger partial charge is 0.460 e. The van der Waals surface area contributed by atoms with E-state index < -0.39 is 108 Å². The molecule has 0 fully saturated rings. The number of pyridine rings is 2. The number of nitrogens with zero attached hydrogens (tertiary/aromatic N) is 2. The monoisotopic (exact) mass is 995 g/mol. The minimum absolute atomic E-state index is 0.0219. The Morgan fingerprint density at radius 1 is 0.917 bits per heavy atom. The Balaban J connectivity index is 1.09. The number of carbonyl (C=O) groups excluding carboxylic acids is 8. The number of aryl methyl sites for hydroxylation is 1. The lowest BCUT2D eigenvalue weighted by Gasteiger charge is -2.31. The zero-order chi connectivity index (χ0) is 52.2. The molecule has 72 heavy (non-hydrogen) atoms. The molecule has 6 amide bonds. The predicted octanol–water partition coefficient (Wildman–Crippen LogP) is 0.272. The summed E-state index contributed by atoms with van der Waals surface area (Å²) < 4.78 is 27.7. The van der Waals surface area contributed by atoms with Crippen LogP contribution in [0.15, 0.2) is 47.3 Å². The van der Waals surface area contributed by atoms with Crippen LogP contribution in [0.3, 0.4) is 0 Å². The van der Waals surface area contributed by atoms with Crippen molar-refractivity contribution in [3.8, 4) is 11.4 Å². The highest BCUT2D eigenvalue weighted by molar-refractivity contribution is 5.96. The van der Waals surface area contributed by atoms with Crippen LogP contribution in [0.5, 0.6) is 0 Å². The number of hydrogen-bond donors (Lipinski definition) is 8. The highest BCUT2D eigenvalue weighted by Gasteiger charge is 2.46. The van der Waals surface area contributed by atoms with Gasteiger partial charge in [0.05, 0.1) is 61.2 Å². The normalized spacial score (nSPS) is 17.2. The van der Waals surface area contributed by atoms with Crippen LogP contribution in [0.1, 0.15) is 98.4 Å². The summed E-state index contributed by atoms with van der Waals surface area (Å²) in [5, 5.41) is 27.3. The maximum atomic E-state index is 15.6. The van der Waals surface area contributed by atoms with Gasteiger partial charge in [-0.15, -0.1) is 0 Å². The third kappa shape index (κ3) is 11.3. The fourth-order valence-corrected chi connectivity index (χ4v) is 9.23. The molecule has 7 rings (SSSR count). The molecule has 0 bridgehead atoms. The molecule has 22 heteroatoms. The Morgan fingerprint density at radius 3 is 2.25 bits per heavy atom. The first-order chi connectivity index (χ1) is 34.1. The lowest BCUT2D eigenvalue weighted by molar-refractivity contribution is -0.172. The van der Waals surface area contributed by atoms with Crippen LogP contribution >= 0.6 is 0 Å². The number of ether oxygens (including phenoxy) is 2. The van der Waals surface area contributed by atoms with Gasteiger partial charge >= 0.3 is 11.9 Å². The molecule has 4 atom stereocenters. The minimum Gasteiger partial charge on any atom is -0.460 e. The van der Waals surface area contributed by atoms with Gasteiger partial charge in [-0.3, -0.25) is 38.4 Å². The number of aliphatic hydroxyl groups is 1. The number of benzene rings is 2. The molecule has 0 saturated carbocycles. The molecular formula is C50H58FN9O12. The summed E-state index contributed by atoms with van der Waals surface area (Å²) in [5.41, 5.74) is 5.66. The van der Waals surface area contributed by atoms with Crippen molar-refractivity contribution in [3.63, 3.8) is 0 Å². The summed E-state index contributed by atoms with van der Waals surface area (Å²) in [6.45, 7) is 5.82. The summed E-state index contributed by atoms with van der Waals surface area (Å²) in [5.74, 6) is -6.38. The maximum Gasteiger partial charge on any atom is 0.343 e. The molecule has 9 N–H and O–H groups in total. The molecule has 0 unspecified atom stereocenters. The standard InChI is InChI=1S/C50H58FN9O12/c1-6-50(70)30-17-36-44-28(23-60(36)47(68)29(30)24-71-48(50)69)43-32(13-12-27-25(2)31(51)18-34(58-44)42(27)43)59-46(67)33(14-15-41(65)72-49(3,4)5)56-39(63)22-54-38(62)20-55-45(66)35(16-26-10-8-7-9-11-26)57-40(64)21-53-37(61)19-52/h7-11,17-18,32-33,35,70H,6,12-16,19-24,52H2,1-5H3,(H,53,61)(H,54,62)(H,55,66)(H,56,63)(H,57,64)(H,59,67)/t32-,33-,35-,50-/m0/s1. The number of fused-ring (bicyclic) bond motifs is 5. The van der Waals surface area contributed by atoms with E-state index in [1.165, 1.54) is 16.7 Å². The van der Waals surface area contributed by atoms with Crippen molar-refractivity contribution in [3.05, 3.63) is 97.6 Å². The van der Waals surface area contributed by atoms with Gasteiger partial charge in [-0.2, -0.15) is 0 Å². The molecule has 21 nitrogen and oxygen atoms in total. The second-order valence-corrected chi connectivity index (χ2v) is 18.9. The SMILES string of the molecule is CC[C@@]1(O)C(=O)OCc2c1cc1n(c2=O)Cc2c-1nc1cc(F)c(C)c3c1c2[C@@H](NC(=O)[C@H](CCC(=O)OC(C)(C)C)NC(=O)CNC(=O)CNC(=O)[C@H](Cc1ccccc1)NC(=O)CNC(=O)CN)CC3. The number of nitrogens with one attached hydrogen (secondary N) is 6. The number of aromatic nitrogens is 2. The lowest BCUT2D eigenvalue weighted by atomic mass is 9.81. The van der Waals surface area contributed by atoms with Crippen molar-refractivity contribution in [2.45, 2.75) is 116 Å². The van der Waals surface area contributed by atoms with Crippen molar-refractivity contribution in [2.75, 3.05) is 26.2 Å². The van der Waals surface area contributed by atoms with E-state index in [2.05, 4.69) is 31.9 Å². The Labute approximate surface area is 412 Å². The average Bonchev–Trinajstić information content (AvgIpc) is 3.71. The molecule has 382 valence electrons. The van der Waals surface area contributed by atoms with Crippen LogP contribution in [-0.4, -0.2) is 106 Å². The van der Waals surface area contributed by atoms with Crippen molar-refractivity contribution in [1.82, 2.24) is 41.5 Å². The van der Waals surface area contributed by atoms with E-state index in [1.807, 2.05) is 0 Å². The first-order valence-electron chi connectivity index (χ1n) is 23.6. The molecule has 1 aliphatic carbocycles. The van der Waals surface area contributed by atoms with Gasteiger partial charge in [0.2, 0.25) is 35.4 Å². The van der Waals surface area contributed by atoms with Gasteiger partial charge in [0, 0.05) is 35.4 Å². The summed E-state index contributed by atoms with van der Waals surface area (Å²) in [4.78, 5) is 123. The van der Waals surface area contributed by atoms with Crippen LogP contribution in [0, 0.1) is 12.7 Å². The van der Waals surface area contributed by atoms with Gasteiger partial charge in [0.15, 0.2) is 5.60 Å². The number of rotatable bonds is 18. The van der Waals surface area contributed by atoms with Crippen LogP contribution < -0.4 is 43.2 Å². The topological polar surface area (TPSA) is 308 Å². The van der Waals surface area contributed by atoms with Crippen LogP contribution in [-0.2, 0) is 79.4 Å². The number of amides is 6. The zero-order valence-corrected chi connectivity index (χ0v) is 40.5. The molecule has 3 aliphatic rings. The first-order valence-corrected chi connectivity index (χ1v) is 23.6. The molecule has 4 heterocycles. The van der Waals surface area contributed by atoms with Gasteiger partial charge in [-0.1, -0.05) is 37.3 Å². The fraction of sp³-hybridized carbons (Fsp3) is 0.440. The first kappa shape index (κ1) is 52.2. The number of esters is 2. The quantitative estimate of drug-likeness (QED) is 0.0547. The molecule has 0 radical (unpaired) electrons. The van der Waals surface area contributed by atoms with E-state index in [0.29, 0.717) is 39.6 Å². The number of halogens is 1. The number of hydrogen-bond acceptors (Lipinski definition) is 14. The summed E-state index contributed by atoms with van der Waals surface area (Å²) in [6.07, 6.45) is -0.00267. The minimum atomic E-state index is -2.10. The van der Waals surface area contributed by atoms with E-state index in [-0.39, 0.29) is 79.8 Å². The Bertz CT molecular complexity index is 2940. The van der Waals surface area contributed by atoms with E-state index in [9.17, 15) is 48.3 Å². The van der Waals surface area contributed by atoms with Crippen molar-refractivity contribution < 1.29 is 57.3 Å². The highest BCUT2D eigenvalue weighted by Crippen LogP contribution is 2.46. The van der Waals surface area contributed by atoms with E-state index >= 15 is 4.39 Å². The van der Waals surface area contributed by atoms with E-state index in [0.717, 1.165) is 0 Å². The van der Waals surface area contributed by atoms with E-state index in [1.54, 1.807) is 65.0 Å². The summed E-state index contributed by atoms with van der Waals surface area (Å²) in [6, 6.07) is 8.22. The molecule has 2 aliphatic heterocycles. The van der Waals surface area contributed by atoms with E-state index in [4.69, 9.17) is 20.2 Å². The second kappa shape index (κ2) is 21.4. The van der Waals surface area contributed by atoms with Crippen molar-refractivity contribution >= 4 is 58.3 Å². The van der Waals surface area contributed by atoms with Gasteiger partial charge in [-0.25, -0.2) is 14.2 Å². The fourth-order valence-electron chi connectivity index (χ4n) is 9.23. The molecule has 2 aromatic heterocycles. The number of cyclic esters (lactones) is 1. The maximum absolute atomic E-state index is 15.6. The van der Waals surface area contributed by atoms with Crippen molar-refractivity contribution in [1.29, 1.82) is 0 Å². The lowest BCUT2D eigenvalue weighted by Crippen LogP contribution is -2.53. The van der Waals surface area contributed by atoms with Crippen LogP contribution in [0.2, 0.25) is 0 Å².